The van der Waals surface area contributed by atoms with E-state index >= 15 is 0 Å². The molecule has 0 radical (unpaired) electrons. The molecule has 0 unspecified atom stereocenters. The highest BCUT2D eigenvalue weighted by atomic mass is 16.5. The predicted molar refractivity (Wildman–Crippen MR) is 62.7 cm³/mol. The van der Waals surface area contributed by atoms with Crippen LogP contribution in [0, 0.1) is 0 Å². The van der Waals surface area contributed by atoms with Gasteiger partial charge in [-0.1, -0.05) is 17.3 Å². The van der Waals surface area contributed by atoms with Gasteiger partial charge in [0.25, 0.3) is 0 Å². The fraction of sp³-hybridized carbons (Fsp3) is 0.333. The van der Waals surface area contributed by atoms with Gasteiger partial charge in [0.05, 0.1) is 13.2 Å². The Balaban J connectivity index is 2.08. The molecule has 0 saturated carbocycles. The van der Waals surface area contributed by atoms with E-state index in [0.717, 1.165) is 11.3 Å². The summed E-state index contributed by atoms with van der Waals surface area (Å²) in [6.45, 7) is 1.81. The van der Waals surface area contributed by atoms with E-state index in [2.05, 4.69) is 10.1 Å². The zero-order valence-electron chi connectivity index (χ0n) is 9.88. The number of methoxy groups -OCH3 is 1. The van der Waals surface area contributed by atoms with Gasteiger partial charge in [0.1, 0.15) is 5.75 Å². The average Bonchev–Trinajstić information content (AvgIpc) is 2.79. The lowest BCUT2D eigenvalue weighted by Gasteiger charge is -2.00. The lowest BCUT2D eigenvalue weighted by atomic mass is 10.1. The Morgan fingerprint density at radius 3 is 2.59 bits per heavy atom. The number of aromatic nitrogens is 2. The van der Waals surface area contributed by atoms with E-state index in [4.69, 9.17) is 15.0 Å². The summed E-state index contributed by atoms with van der Waals surface area (Å²) in [6.07, 6.45) is 0.625. The Hall–Kier alpha value is -1.88. The molecule has 2 aromatic rings. The van der Waals surface area contributed by atoms with Crippen molar-refractivity contribution in [3.05, 3.63) is 41.5 Å². The van der Waals surface area contributed by atoms with Gasteiger partial charge < -0.3 is 15.0 Å². The van der Waals surface area contributed by atoms with Crippen molar-refractivity contribution in [2.24, 2.45) is 5.73 Å². The predicted octanol–water partition coefficient (Wildman–Crippen LogP) is 1.69. The van der Waals surface area contributed by atoms with Crippen LogP contribution >= 0.6 is 0 Å². The minimum atomic E-state index is -0.230. The van der Waals surface area contributed by atoms with Crippen molar-refractivity contribution in [3.8, 4) is 5.75 Å². The monoisotopic (exact) mass is 233 g/mol. The van der Waals surface area contributed by atoms with E-state index in [-0.39, 0.29) is 6.04 Å². The molecule has 5 heteroatoms. The van der Waals surface area contributed by atoms with Gasteiger partial charge in [-0.3, -0.25) is 0 Å². The second-order valence-corrected chi connectivity index (χ2v) is 3.86. The molecule has 2 N–H and O–H groups in total. The maximum atomic E-state index is 5.65. The van der Waals surface area contributed by atoms with Crippen molar-refractivity contribution < 1.29 is 9.26 Å². The van der Waals surface area contributed by atoms with Crippen LogP contribution in [0.2, 0.25) is 0 Å². The van der Waals surface area contributed by atoms with E-state index in [1.54, 1.807) is 7.11 Å². The second kappa shape index (κ2) is 4.97. The van der Waals surface area contributed by atoms with Gasteiger partial charge in [0.15, 0.2) is 5.82 Å². The van der Waals surface area contributed by atoms with E-state index in [1.807, 2.05) is 31.2 Å². The van der Waals surface area contributed by atoms with E-state index < -0.39 is 0 Å². The SMILES string of the molecule is COc1ccc(Cc2noc([C@H](C)N)n2)cc1. The minimum Gasteiger partial charge on any atom is -0.497 e. The zero-order chi connectivity index (χ0) is 12.3. The summed E-state index contributed by atoms with van der Waals surface area (Å²) in [4.78, 5) is 4.21. The van der Waals surface area contributed by atoms with Gasteiger partial charge >= 0.3 is 0 Å². The molecule has 1 aromatic carbocycles. The molecule has 0 aliphatic carbocycles. The quantitative estimate of drug-likeness (QED) is 0.869. The zero-order valence-corrected chi connectivity index (χ0v) is 9.88. The smallest absolute Gasteiger partial charge is 0.243 e. The molecular weight excluding hydrogens is 218 g/mol. The van der Waals surface area contributed by atoms with Crippen LogP contribution < -0.4 is 10.5 Å². The Labute approximate surface area is 99.6 Å². The van der Waals surface area contributed by atoms with Gasteiger partial charge in [-0.25, -0.2) is 0 Å². The summed E-state index contributed by atoms with van der Waals surface area (Å²) in [7, 11) is 1.64. The van der Waals surface area contributed by atoms with Crippen molar-refractivity contribution in [2.75, 3.05) is 7.11 Å². The summed E-state index contributed by atoms with van der Waals surface area (Å²) in [5, 5.41) is 3.88. The van der Waals surface area contributed by atoms with Crippen molar-refractivity contribution >= 4 is 0 Å². The first-order chi connectivity index (χ1) is 8.19. The highest BCUT2D eigenvalue weighted by molar-refractivity contribution is 5.28. The van der Waals surface area contributed by atoms with Gasteiger partial charge in [0, 0.05) is 6.42 Å². The number of rotatable bonds is 4. The molecule has 1 aromatic heterocycles. The second-order valence-electron chi connectivity index (χ2n) is 3.86. The Morgan fingerprint density at radius 1 is 1.35 bits per heavy atom. The van der Waals surface area contributed by atoms with Crippen molar-refractivity contribution in [1.82, 2.24) is 10.1 Å². The number of ether oxygens (including phenoxy) is 1. The first-order valence-electron chi connectivity index (χ1n) is 5.40. The molecule has 5 nitrogen and oxygen atoms in total. The van der Waals surface area contributed by atoms with Gasteiger partial charge in [-0.2, -0.15) is 4.98 Å². The van der Waals surface area contributed by atoms with Crippen LogP contribution in [-0.2, 0) is 6.42 Å². The molecule has 0 saturated heterocycles. The Bertz CT molecular complexity index is 477. The van der Waals surface area contributed by atoms with Crippen molar-refractivity contribution in [3.63, 3.8) is 0 Å². The Kier molecular flexibility index (Phi) is 3.39. The highest BCUT2D eigenvalue weighted by Gasteiger charge is 2.10. The minimum absolute atomic E-state index is 0.230. The third kappa shape index (κ3) is 2.82. The van der Waals surface area contributed by atoms with E-state index in [1.165, 1.54) is 0 Å². The lowest BCUT2D eigenvalue weighted by molar-refractivity contribution is 0.358. The topological polar surface area (TPSA) is 74.2 Å². The molecule has 0 amide bonds. The lowest BCUT2D eigenvalue weighted by Crippen LogP contribution is -2.05. The van der Waals surface area contributed by atoms with Crippen LogP contribution in [0.5, 0.6) is 5.75 Å². The van der Waals surface area contributed by atoms with Crippen LogP contribution in [0.4, 0.5) is 0 Å². The van der Waals surface area contributed by atoms with E-state index in [0.29, 0.717) is 18.1 Å². The van der Waals surface area contributed by atoms with Crippen LogP contribution in [0.25, 0.3) is 0 Å². The highest BCUT2D eigenvalue weighted by Crippen LogP contribution is 2.14. The van der Waals surface area contributed by atoms with Crippen LogP contribution in [0.1, 0.15) is 30.2 Å². The number of hydrogen-bond donors (Lipinski definition) is 1. The third-order valence-electron chi connectivity index (χ3n) is 2.39. The van der Waals surface area contributed by atoms with Crippen molar-refractivity contribution in [2.45, 2.75) is 19.4 Å². The first kappa shape index (κ1) is 11.6. The standard InChI is InChI=1S/C12H15N3O2/c1-8(13)12-14-11(15-17-12)7-9-3-5-10(16-2)6-4-9/h3-6,8H,7,13H2,1-2H3/t8-/m0/s1. The van der Waals surface area contributed by atoms with Crippen molar-refractivity contribution in [1.29, 1.82) is 0 Å². The normalized spacial score (nSPS) is 12.4. The van der Waals surface area contributed by atoms with Crippen LogP contribution in [0.3, 0.4) is 0 Å². The molecule has 1 atom stereocenters. The molecule has 0 aliphatic heterocycles. The molecule has 0 aliphatic rings. The summed E-state index contributed by atoms with van der Waals surface area (Å²) in [5.74, 6) is 1.94. The Morgan fingerprint density at radius 2 is 2.06 bits per heavy atom. The summed E-state index contributed by atoms with van der Waals surface area (Å²) < 4.78 is 10.1. The molecule has 90 valence electrons. The fourth-order valence-corrected chi connectivity index (χ4v) is 1.45. The third-order valence-corrected chi connectivity index (χ3v) is 2.39. The largest absolute Gasteiger partial charge is 0.497 e. The first-order valence-corrected chi connectivity index (χ1v) is 5.40. The molecule has 0 fully saturated rings. The molecule has 0 spiro atoms. The van der Waals surface area contributed by atoms with Crippen LogP contribution in [-0.4, -0.2) is 17.3 Å². The molecule has 0 bridgehead atoms. The molecule has 1 heterocycles. The molecule has 17 heavy (non-hydrogen) atoms. The maximum Gasteiger partial charge on any atom is 0.243 e. The number of nitrogens with two attached hydrogens (primary N) is 1. The molecule has 2 rings (SSSR count). The summed E-state index contributed by atoms with van der Waals surface area (Å²) in [6, 6.07) is 7.53. The van der Waals surface area contributed by atoms with Gasteiger partial charge in [-0.05, 0) is 24.6 Å². The maximum absolute atomic E-state index is 5.65. The van der Waals surface area contributed by atoms with Crippen LogP contribution in [0.15, 0.2) is 28.8 Å². The summed E-state index contributed by atoms with van der Waals surface area (Å²) in [5.41, 5.74) is 6.75. The summed E-state index contributed by atoms with van der Waals surface area (Å²) >= 11 is 0. The number of nitrogens with zero attached hydrogens (tertiary/aromatic N) is 2. The van der Waals surface area contributed by atoms with E-state index in [9.17, 15) is 0 Å². The van der Waals surface area contributed by atoms with Gasteiger partial charge in [0.2, 0.25) is 5.89 Å². The number of benzene rings is 1. The van der Waals surface area contributed by atoms with Gasteiger partial charge in [-0.15, -0.1) is 0 Å². The molecular formula is C12H15N3O2. The average molecular weight is 233 g/mol. The number of hydrogen-bond acceptors (Lipinski definition) is 5. The fourth-order valence-electron chi connectivity index (χ4n) is 1.45.